The Morgan fingerprint density at radius 1 is 1.42 bits per heavy atom. The monoisotopic (exact) mass is 163 g/mol. The number of rotatable bonds is 2. The first kappa shape index (κ1) is 8.65. The van der Waals surface area contributed by atoms with Crippen LogP contribution in [0.25, 0.3) is 5.70 Å². The molecule has 0 spiro atoms. The van der Waals surface area contributed by atoms with Gasteiger partial charge in [0.15, 0.2) is 0 Å². The van der Waals surface area contributed by atoms with Crippen LogP contribution in [0.1, 0.15) is 11.1 Å². The number of hydrogen-bond donors (Lipinski definition) is 1. The quantitative estimate of drug-likeness (QED) is 0.723. The highest BCUT2D eigenvalue weighted by Crippen LogP contribution is 2.18. The zero-order valence-electron chi connectivity index (χ0n) is 7.42. The van der Waals surface area contributed by atoms with Gasteiger partial charge in [0.1, 0.15) is 5.75 Å². The summed E-state index contributed by atoms with van der Waals surface area (Å²) in [4.78, 5) is 0. The minimum Gasteiger partial charge on any atom is -0.497 e. The van der Waals surface area contributed by atoms with E-state index in [1.807, 2.05) is 25.1 Å². The van der Waals surface area contributed by atoms with Crippen molar-refractivity contribution in [3.05, 3.63) is 35.9 Å². The Morgan fingerprint density at radius 2 is 2.08 bits per heavy atom. The van der Waals surface area contributed by atoms with E-state index in [0.717, 1.165) is 16.9 Å². The molecule has 0 fully saturated rings. The number of hydrogen-bond acceptors (Lipinski definition) is 2. The van der Waals surface area contributed by atoms with Gasteiger partial charge in [-0.05, 0) is 30.7 Å². The van der Waals surface area contributed by atoms with Gasteiger partial charge in [-0.15, -0.1) is 0 Å². The van der Waals surface area contributed by atoms with Crippen molar-refractivity contribution in [2.45, 2.75) is 6.92 Å². The number of benzene rings is 1. The van der Waals surface area contributed by atoms with Gasteiger partial charge in [0.25, 0.3) is 0 Å². The van der Waals surface area contributed by atoms with Gasteiger partial charge in [-0.2, -0.15) is 0 Å². The van der Waals surface area contributed by atoms with Gasteiger partial charge in [0, 0.05) is 11.3 Å². The number of aryl methyl sites for hydroxylation is 1. The van der Waals surface area contributed by atoms with E-state index >= 15 is 0 Å². The van der Waals surface area contributed by atoms with E-state index in [4.69, 9.17) is 10.5 Å². The summed E-state index contributed by atoms with van der Waals surface area (Å²) < 4.78 is 5.09. The van der Waals surface area contributed by atoms with Crippen molar-refractivity contribution < 1.29 is 4.74 Å². The molecule has 2 heteroatoms. The summed E-state index contributed by atoms with van der Waals surface area (Å²) in [6, 6.07) is 5.80. The molecule has 0 aliphatic rings. The number of nitrogens with two attached hydrogens (primary N) is 1. The number of ether oxygens (including phenoxy) is 1. The molecule has 1 aromatic carbocycles. The normalized spacial score (nSPS) is 9.50. The molecule has 12 heavy (non-hydrogen) atoms. The Morgan fingerprint density at radius 3 is 2.58 bits per heavy atom. The molecular weight excluding hydrogens is 150 g/mol. The Labute approximate surface area is 72.7 Å². The molecule has 1 aromatic rings. The molecule has 0 atom stereocenters. The van der Waals surface area contributed by atoms with E-state index < -0.39 is 0 Å². The summed E-state index contributed by atoms with van der Waals surface area (Å²) in [5.74, 6) is 0.816. The molecule has 0 saturated carbocycles. The highest BCUT2D eigenvalue weighted by atomic mass is 16.5. The van der Waals surface area contributed by atoms with Crippen molar-refractivity contribution in [2.24, 2.45) is 5.73 Å². The smallest absolute Gasteiger partial charge is 0.119 e. The van der Waals surface area contributed by atoms with Crippen LogP contribution in [0.5, 0.6) is 5.75 Å². The maximum absolute atomic E-state index is 5.56. The molecule has 2 nitrogen and oxygen atoms in total. The molecule has 64 valence electrons. The SMILES string of the molecule is C=C(N)c1cc(C)cc(OC)c1. The second-order valence-electron chi connectivity index (χ2n) is 2.76. The molecule has 0 aliphatic carbocycles. The zero-order valence-corrected chi connectivity index (χ0v) is 7.42. The first-order chi connectivity index (χ1) is 5.63. The van der Waals surface area contributed by atoms with Crippen LogP contribution in [0.2, 0.25) is 0 Å². The first-order valence-corrected chi connectivity index (χ1v) is 3.74. The lowest BCUT2D eigenvalue weighted by atomic mass is 10.1. The summed E-state index contributed by atoms with van der Waals surface area (Å²) >= 11 is 0. The highest BCUT2D eigenvalue weighted by Gasteiger charge is 1.98. The van der Waals surface area contributed by atoms with Gasteiger partial charge in [-0.25, -0.2) is 0 Å². The molecule has 0 radical (unpaired) electrons. The van der Waals surface area contributed by atoms with E-state index in [1.165, 1.54) is 0 Å². The lowest BCUT2D eigenvalue weighted by Crippen LogP contribution is -1.95. The van der Waals surface area contributed by atoms with Crippen molar-refractivity contribution in [3.8, 4) is 5.75 Å². The lowest BCUT2D eigenvalue weighted by Gasteiger charge is -2.05. The molecule has 1 rings (SSSR count). The van der Waals surface area contributed by atoms with Crippen LogP contribution in [0.3, 0.4) is 0 Å². The summed E-state index contributed by atoms with van der Waals surface area (Å²) in [5, 5.41) is 0. The van der Waals surface area contributed by atoms with Crippen LogP contribution in [-0.2, 0) is 0 Å². The third-order valence-electron chi connectivity index (χ3n) is 1.66. The van der Waals surface area contributed by atoms with Crippen molar-refractivity contribution >= 4 is 5.70 Å². The lowest BCUT2D eigenvalue weighted by molar-refractivity contribution is 0.414. The first-order valence-electron chi connectivity index (χ1n) is 3.74. The molecule has 2 N–H and O–H groups in total. The second-order valence-corrected chi connectivity index (χ2v) is 2.76. The topological polar surface area (TPSA) is 35.2 Å². The van der Waals surface area contributed by atoms with Gasteiger partial charge in [0.05, 0.1) is 7.11 Å². The molecule has 0 unspecified atom stereocenters. The van der Waals surface area contributed by atoms with Crippen LogP contribution in [0, 0.1) is 6.92 Å². The minimum atomic E-state index is 0.567. The van der Waals surface area contributed by atoms with Gasteiger partial charge in [-0.3, -0.25) is 0 Å². The van der Waals surface area contributed by atoms with Crippen molar-refractivity contribution in [3.63, 3.8) is 0 Å². The largest absolute Gasteiger partial charge is 0.497 e. The fraction of sp³-hybridized carbons (Fsp3) is 0.200. The van der Waals surface area contributed by atoms with Gasteiger partial charge in [0.2, 0.25) is 0 Å². The van der Waals surface area contributed by atoms with E-state index in [1.54, 1.807) is 7.11 Å². The predicted molar refractivity (Wildman–Crippen MR) is 51.0 cm³/mol. The summed E-state index contributed by atoms with van der Waals surface area (Å²) in [6.07, 6.45) is 0. The Hall–Kier alpha value is -1.44. The van der Waals surface area contributed by atoms with Gasteiger partial charge >= 0.3 is 0 Å². The standard InChI is InChI=1S/C10H13NO/c1-7-4-9(8(2)11)6-10(5-7)12-3/h4-6H,2,11H2,1,3H3. The van der Waals surface area contributed by atoms with Crippen LogP contribution in [0.15, 0.2) is 24.8 Å². The minimum absolute atomic E-state index is 0.567. The zero-order chi connectivity index (χ0) is 9.14. The highest BCUT2D eigenvalue weighted by molar-refractivity contribution is 5.62. The number of methoxy groups -OCH3 is 1. The van der Waals surface area contributed by atoms with Crippen LogP contribution in [-0.4, -0.2) is 7.11 Å². The molecular formula is C10H13NO. The van der Waals surface area contributed by atoms with E-state index in [0.29, 0.717) is 5.70 Å². The molecule has 0 aromatic heterocycles. The van der Waals surface area contributed by atoms with Gasteiger partial charge < -0.3 is 10.5 Å². The Bertz CT molecular complexity index is 305. The summed E-state index contributed by atoms with van der Waals surface area (Å²) in [5.41, 5.74) is 8.17. The average Bonchev–Trinajstić information content (AvgIpc) is 2.03. The molecule has 0 bridgehead atoms. The van der Waals surface area contributed by atoms with E-state index in [-0.39, 0.29) is 0 Å². The second kappa shape index (κ2) is 3.30. The van der Waals surface area contributed by atoms with E-state index in [2.05, 4.69) is 6.58 Å². The van der Waals surface area contributed by atoms with E-state index in [9.17, 15) is 0 Å². The third-order valence-corrected chi connectivity index (χ3v) is 1.66. The summed E-state index contributed by atoms with van der Waals surface area (Å²) in [6.45, 7) is 5.66. The fourth-order valence-corrected chi connectivity index (χ4v) is 1.05. The third kappa shape index (κ3) is 1.78. The summed E-state index contributed by atoms with van der Waals surface area (Å²) in [7, 11) is 1.64. The molecule has 0 amide bonds. The molecule has 0 saturated heterocycles. The van der Waals surface area contributed by atoms with Crippen LogP contribution < -0.4 is 10.5 Å². The van der Waals surface area contributed by atoms with Crippen molar-refractivity contribution in [2.75, 3.05) is 7.11 Å². The Kier molecular flexibility index (Phi) is 2.38. The Balaban J connectivity index is 3.15. The van der Waals surface area contributed by atoms with Crippen molar-refractivity contribution in [1.82, 2.24) is 0 Å². The van der Waals surface area contributed by atoms with Crippen LogP contribution >= 0.6 is 0 Å². The predicted octanol–water partition coefficient (Wildman–Crippen LogP) is 1.93. The van der Waals surface area contributed by atoms with Gasteiger partial charge in [-0.1, -0.05) is 6.58 Å². The maximum Gasteiger partial charge on any atom is 0.119 e. The molecule has 0 aliphatic heterocycles. The molecule has 0 heterocycles. The van der Waals surface area contributed by atoms with Crippen LogP contribution in [0.4, 0.5) is 0 Å². The maximum atomic E-state index is 5.56. The van der Waals surface area contributed by atoms with Crippen molar-refractivity contribution in [1.29, 1.82) is 0 Å². The average molecular weight is 163 g/mol. The fourth-order valence-electron chi connectivity index (χ4n) is 1.05.